The maximum absolute atomic E-state index is 14.4. The molecular weight excluding hydrogens is 656 g/mol. The highest BCUT2D eigenvalue weighted by Gasteiger charge is 2.32. The van der Waals surface area contributed by atoms with Crippen molar-refractivity contribution in [2.75, 3.05) is 43.4 Å². The lowest BCUT2D eigenvalue weighted by Crippen LogP contribution is -2.48. The van der Waals surface area contributed by atoms with Crippen LogP contribution in [0.1, 0.15) is 73.3 Å². The Hall–Kier alpha value is -4.15. The average Bonchev–Trinajstić information content (AvgIpc) is 3.56. The molecule has 0 radical (unpaired) electrons. The number of likely N-dealkylation sites (N-methyl/N-ethyl adjacent to an activating group) is 1. The number of aromatic nitrogens is 2. The van der Waals surface area contributed by atoms with Gasteiger partial charge in [0, 0.05) is 38.3 Å². The molecule has 4 atom stereocenters. The van der Waals surface area contributed by atoms with Crippen LogP contribution < -0.4 is 14.8 Å². The fourth-order valence-corrected chi connectivity index (χ4v) is 7.11. The minimum Gasteiger partial charge on any atom is -0.490 e. The summed E-state index contributed by atoms with van der Waals surface area (Å²) in [5, 5.41) is 20.7. The van der Waals surface area contributed by atoms with E-state index in [4.69, 9.17) is 18.5 Å². The van der Waals surface area contributed by atoms with Gasteiger partial charge in [-0.2, -0.15) is 0 Å². The molecule has 3 N–H and O–H groups in total. The zero-order chi connectivity index (χ0) is 36.0. The van der Waals surface area contributed by atoms with Crippen molar-refractivity contribution in [3.05, 3.63) is 46.7 Å². The maximum atomic E-state index is 14.4. The summed E-state index contributed by atoms with van der Waals surface area (Å²) in [6.45, 7) is 12.5. The predicted molar refractivity (Wildman–Crippen MR) is 181 cm³/mol. The molecule has 15 nitrogen and oxygen atoms in total. The molecule has 0 fully saturated rings. The fraction of sp³-hybridized carbons (Fsp3) is 0.576. The van der Waals surface area contributed by atoms with Crippen molar-refractivity contribution in [2.45, 2.75) is 90.9 Å². The third kappa shape index (κ3) is 9.10. The van der Waals surface area contributed by atoms with E-state index in [1.807, 2.05) is 13.8 Å². The molecule has 0 aliphatic carbocycles. The van der Waals surface area contributed by atoms with Gasteiger partial charge in [-0.05, 0) is 79.0 Å². The Kier molecular flexibility index (Phi) is 12.3. The Bertz CT molecular complexity index is 1680. The number of aryl methyl sites for hydroxylation is 4. The minimum atomic E-state index is -4.10. The Labute approximate surface area is 287 Å². The van der Waals surface area contributed by atoms with Crippen molar-refractivity contribution in [1.29, 1.82) is 0 Å². The summed E-state index contributed by atoms with van der Waals surface area (Å²) < 4.78 is 52.0. The second kappa shape index (κ2) is 16.0. The number of amides is 3. The topological polar surface area (TPSA) is 190 Å². The van der Waals surface area contributed by atoms with Gasteiger partial charge in [0.1, 0.15) is 22.8 Å². The summed E-state index contributed by atoms with van der Waals surface area (Å²) in [5.41, 5.74) is 1.54. The van der Waals surface area contributed by atoms with Crippen molar-refractivity contribution in [1.82, 2.24) is 20.1 Å². The lowest BCUT2D eigenvalue weighted by molar-refractivity contribution is -0.0115. The van der Waals surface area contributed by atoms with Gasteiger partial charge in [0.05, 0.1) is 30.4 Å². The second-order valence-electron chi connectivity index (χ2n) is 12.8. The lowest BCUT2D eigenvalue weighted by atomic mass is 10.0. The van der Waals surface area contributed by atoms with E-state index in [-0.39, 0.29) is 65.3 Å². The van der Waals surface area contributed by atoms with Gasteiger partial charge in [-0.1, -0.05) is 17.2 Å². The molecule has 3 heterocycles. The Balaban J connectivity index is 1.64. The highest BCUT2D eigenvalue weighted by molar-refractivity contribution is 7.92. The molecule has 0 bridgehead atoms. The molecular formula is C33H48N6O9S. The van der Waals surface area contributed by atoms with Crippen LogP contribution in [-0.4, -0.2) is 97.2 Å². The number of rotatable bonds is 8. The molecule has 16 heteroatoms. The van der Waals surface area contributed by atoms with Crippen LogP contribution in [0, 0.1) is 33.6 Å². The SMILES string of the molecule is Cc1noc(C)c1NC(=O)N(C)C[C@@H]1OCCCC[C@@H](C)Oc2ccc(NS(=O)(=O)c3c(C)noc3C)cc2C(=O)N([C@@H](C)CO)C[C@H]1C. The first-order valence-corrected chi connectivity index (χ1v) is 17.9. The largest absolute Gasteiger partial charge is 0.490 e. The number of benzene rings is 1. The van der Waals surface area contributed by atoms with Crippen LogP contribution in [-0.2, 0) is 14.8 Å². The monoisotopic (exact) mass is 704 g/mol. The number of aliphatic hydroxyl groups excluding tert-OH is 1. The van der Waals surface area contributed by atoms with Crippen LogP contribution in [0.15, 0.2) is 32.1 Å². The molecule has 49 heavy (non-hydrogen) atoms. The zero-order valence-electron chi connectivity index (χ0n) is 29.4. The van der Waals surface area contributed by atoms with E-state index >= 15 is 0 Å². The van der Waals surface area contributed by atoms with Crippen molar-refractivity contribution >= 4 is 33.3 Å². The molecule has 1 aliphatic heterocycles. The van der Waals surface area contributed by atoms with Gasteiger partial charge >= 0.3 is 6.03 Å². The summed E-state index contributed by atoms with van der Waals surface area (Å²) in [7, 11) is -2.44. The number of carbonyl (C=O) groups is 2. The predicted octanol–water partition coefficient (Wildman–Crippen LogP) is 4.66. The first kappa shape index (κ1) is 37.7. The van der Waals surface area contributed by atoms with Crippen LogP contribution in [0.3, 0.4) is 0 Å². The molecule has 3 amide bonds. The summed E-state index contributed by atoms with van der Waals surface area (Å²) in [5.74, 6) is 0.166. The number of urea groups is 1. The van der Waals surface area contributed by atoms with Gasteiger partial charge in [0.15, 0.2) is 16.4 Å². The third-order valence-electron chi connectivity index (χ3n) is 8.61. The number of nitrogens with one attached hydrogen (secondary N) is 2. The van der Waals surface area contributed by atoms with E-state index < -0.39 is 28.1 Å². The van der Waals surface area contributed by atoms with Gasteiger partial charge in [-0.3, -0.25) is 9.52 Å². The maximum Gasteiger partial charge on any atom is 0.321 e. The highest BCUT2D eigenvalue weighted by atomic mass is 32.2. The number of fused-ring (bicyclic) bond motifs is 1. The van der Waals surface area contributed by atoms with Gasteiger partial charge in [-0.15, -0.1) is 0 Å². The summed E-state index contributed by atoms with van der Waals surface area (Å²) >= 11 is 0. The second-order valence-corrected chi connectivity index (χ2v) is 14.4. The Morgan fingerprint density at radius 3 is 2.43 bits per heavy atom. The van der Waals surface area contributed by atoms with Gasteiger partial charge in [0.2, 0.25) is 0 Å². The number of ether oxygens (including phenoxy) is 2. The smallest absolute Gasteiger partial charge is 0.321 e. The van der Waals surface area contributed by atoms with Crippen molar-refractivity contribution in [3.63, 3.8) is 0 Å². The first-order chi connectivity index (χ1) is 23.1. The molecule has 1 aliphatic rings. The van der Waals surface area contributed by atoms with Crippen molar-refractivity contribution in [3.8, 4) is 5.75 Å². The summed E-state index contributed by atoms with van der Waals surface area (Å²) in [6.07, 6.45) is 1.48. The lowest BCUT2D eigenvalue weighted by Gasteiger charge is -2.35. The van der Waals surface area contributed by atoms with Gasteiger partial charge < -0.3 is 38.7 Å². The molecule has 0 spiro atoms. The molecule has 0 saturated carbocycles. The highest BCUT2D eigenvalue weighted by Crippen LogP contribution is 2.30. The normalized spacial score (nSPS) is 20.1. The van der Waals surface area contributed by atoms with E-state index in [1.165, 1.54) is 35.8 Å². The quantitative estimate of drug-likeness (QED) is 0.296. The number of nitrogens with zero attached hydrogens (tertiary/aromatic N) is 4. The summed E-state index contributed by atoms with van der Waals surface area (Å²) in [4.78, 5) is 30.5. The fourth-order valence-electron chi connectivity index (χ4n) is 5.73. The number of anilines is 2. The Morgan fingerprint density at radius 2 is 1.80 bits per heavy atom. The first-order valence-electron chi connectivity index (χ1n) is 16.4. The standard InChI is InChI=1S/C33H48N6O9S/c1-19-16-39(20(2)18-40)32(41)27-15-26(37-49(43,44)31-23(5)36-48-25(31)7)12-13-28(27)46-21(3)11-9-10-14-45-29(19)17-38(8)33(42)34-30-22(4)35-47-24(30)6/h12-13,15,19-21,29,37,40H,9-11,14,16-18H2,1-8H3,(H,34,42)/t19-,20+,21-,29+/m1/s1. The van der Waals surface area contributed by atoms with E-state index in [2.05, 4.69) is 20.4 Å². The summed E-state index contributed by atoms with van der Waals surface area (Å²) in [6, 6.07) is 3.57. The number of carbonyl (C=O) groups excluding carboxylic acids is 2. The van der Waals surface area contributed by atoms with Gasteiger partial charge in [-0.25, -0.2) is 13.2 Å². The Morgan fingerprint density at radius 1 is 1.10 bits per heavy atom. The van der Waals surface area contributed by atoms with Gasteiger partial charge in [0.25, 0.3) is 15.9 Å². The van der Waals surface area contributed by atoms with E-state index in [0.717, 1.165) is 12.8 Å². The molecule has 1 aromatic carbocycles. The molecule has 0 saturated heterocycles. The van der Waals surface area contributed by atoms with Crippen molar-refractivity contribution < 1.29 is 41.6 Å². The minimum absolute atomic E-state index is 0.0791. The van der Waals surface area contributed by atoms with E-state index in [0.29, 0.717) is 35.9 Å². The molecule has 270 valence electrons. The number of aliphatic hydroxyl groups is 1. The molecule has 2 aromatic heterocycles. The van der Waals surface area contributed by atoms with Crippen LogP contribution in [0.2, 0.25) is 0 Å². The number of sulfonamides is 1. The molecule has 3 aromatic rings. The molecule has 0 unspecified atom stereocenters. The molecule has 4 rings (SSSR count). The third-order valence-corrected chi connectivity index (χ3v) is 10.2. The average molecular weight is 705 g/mol. The number of hydrogen-bond donors (Lipinski definition) is 3. The van der Waals surface area contributed by atoms with Crippen molar-refractivity contribution in [2.24, 2.45) is 5.92 Å². The van der Waals surface area contributed by atoms with E-state index in [1.54, 1.807) is 33.9 Å². The van der Waals surface area contributed by atoms with Crippen LogP contribution in [0.25, 0.3) is 0 Å². The van der Waals surface area contributed by atoms with Crippen LogP contribution >= 0.6 is 0 Å². The van der Waals surface area contributed by atoms with E-state index in [9.17, 15) is 23.1 Å². The zero-order valence-corrected chi connectivity index (χ0v) is 30.2. The van der Waals surface area contributed by atoms with Crippen LogP contribution in [0.5, 0.6) is 5.75 Å². The number of hydrogen-bond acceptors (Lipinski definition) is 11. The van der Waals surface area contributed by atoms with Crippen LogP contribution in [0.4, 0.5) is 16.2 Å².